The minimum Gasteiger partial charge on any atom is -0.104 e. The van der Waals surface area contributed by atoms with Crippen molar-refractivity contribution in [3.8, 4) is 0 Å². The van der Waals surface area contributed by atoms with Crippen LogP contribution in [0.25, 0.3) is 0 Å². The molecule has 1 heteroatoms. The van der Waals surface area contributed by atoms with Crippen molar-refractivity contribution in [1.29, 1.82) is 0 Å². The Bertz CT molecular complexity index is 751. The van der Waals surface area contributed by atoms with Crippen LogP contribution in [0.15, 0.2) is 78.9 Å². The van der Waals surface area contributed by atoms with Crippen molar-refractivity contribution in [2.24, 2.45) is 0 Å². The normalized spacial score (nSPS) is 13.3. The van der Waals surface area contributed by atoms with E-state index in [1.807, 2.05) is 12.1 Å². The molecule has 0 bridgehead atoms. The van der Waals surface area contributed by atoms with Crippen molar-refractivity contribution in [2.45, 2.75) is 17.7 Å². The van der Waals surface area contributed by atoms with Crippen molar-refractivity contribution < 1.29 is 0 Å². The molecule has 3 aromatic carbocycles. The summed E-state index contributed by atoms with van der Waals surface area (Å²) in [5.74, 6) is 0. The molecule has 0 heterocycles. The zero-order chi connectivity index (χ0) is 15.0. The van der Waals surface area contributed by atoms with Gasteiger partial charge in [-0.25, -0.2) is 0 Å². The predicted molar refractivity (Wildman–Crippen MR) is 92.5 cm³/mol. The SMILES string of the molecule is ClC(c1ccccc1)(c1ccccc1)c1ccc2c(c1)CC2. The topological polar surface area (TPSA) is 0 Å². The zero-order valence-corrected chi connectivity index (χ0v) is 13.1. The minimum absolute atomic E-state index is 0.632. The zero-order valence-electron chi connectivity index (χ0n) is 12.3. The fraction of sp³-hybridized carbons (Fsp3) is 0.143. The molecule has 22 heavy (non-hydrogen) atoms. The standard InChI is InChI=1S/C21H17Cl/c22-21(18-7-3-1-4-8-18,19-9-5-2-6-10-19)20-14-13-16-11-12-17(16)15-20/h1-10,13-15H,11-12H2. The molecule has 3 aromatic rings. The quantitative estimate of drug-likeness (QED) is 0.454. The van der Waals surface area contributed by atoms with Gasteiger partial charge in [0.1, 0.15) is 4.87 Å². The molecular formula is C21H17Cl. The summed E-state index contributed by atoms with van der Waals surface area (Å²) >= 11 is 7.26. The molecule has 0 saturated heterocycles. The number of fused-ring (bicyclic) bond motifs is 1. The van der Waals surface area contributed by atoms with Crippen LogP contribution in [0.4, 0.5) is 0 Å². The molecule has 0 amide bonds. The fourth-order valence-electron chi connectivity index (χ4n) is 3.25. The lowest BCUT2D eigenvalue weighted by molar-refractivity contribution is 0.812. The van der Waals surface area contributed by atoms with Crippen molar-refractivity contribution in [1.82, 2.24) is 0 Å². The van der Waals surface area contributed by atoms with Crippen LogP contribution in [0.5, 0.6) is 0 Å². The van der Waals surface area contributed by atoms with Crippen LogP contribution in [0.3, 0.4) is 0 Å². The molecule has 0 atom stereocenters. The van der Waals surface area contributed by atoms with Gasteiger partial charge in [-0.15, -0.1) is 11.6 Å². The molecular weight excluding hydrogens is 288 g/mol. The Morgan fingerprint density at radius 1 is 0.591 bits per heavy atom. The van der Waals surface area contributed by atoms with Gasteiger partial charge in [-0.3, -0.25) is 0 Å². The molecule has 0 aromatic heterocycles. The number of benzene rings is 3. The van der Waals surface area contributed by atoms with Crippen LogP contribution in [0, 0.1) is 0 Å². The van der Waals surface area contributed by atoms with Gasteiger partial charge in [-0.2, -0.15) is 0 Å². The third kappa shape index (κ3) is 2.07. The first kappa shape index (κ1) is 13.6. The highest BCUT2D eigenvalue weighted by molar-refractivity contribution is 6.28. The highest BCUT2D eigenvalue weighted by Gasteiger charge is 2.34. The number of rotatable bonds is 3. The summed E-state index contributed by atoms with van der Waals surface area (Å²) in [6.07, 6.45) is 2.36. The summed E-state index contributed by atoms with van der Waals surface area (Å²) in [4.78, 5) is -0.632. The molecule has 4 rings (SSSR count). The van der Waals surface area contributed by atoms with E-state index in [0.29, 0.717) is 0 Å². The van der Waals surface area contributed by atoms with Gasteiger partial charge < -0.3 is 0 Å². The van der Waals surface area contributed by atoms with E-state index in [4.69, 9.17) is 11.6 Å². The lowest BCUT2D eigenvalue weighted by Crippen LogP contribution is -2.23. The first-order valence-electron chi connectivity index (χ1n) is 7.71. The Kier molecular flexibility index (Phi) is 3.28. The van der Waals surface area contributed by atoms with E-state index in [0.717, 1.165) is 16.7 Å². The summed E-state index contributed by atoms with van der Waals surface area (Å²) in [6.45, 7) is 0. The van der Waals surface area contributed by atoms with Gasteiger partial charge in [-0.1, -0.05) is 78.9 Å². The molecule has 0 saturated carbocycles. The van der Waals surface area contributed by atoms with Crippen LogP contribution in [0.2, 0.25) is 0 Å². The minimum atomic E-state index is -0.632. The van der Waals surface area contributed by atoms with Gasteiger partial charge in [0.25, 0.3) is 0 Å². The number of alkyl halides is 1. The van der Waals surface area contributed by atoms with E-state index in [-0.39, 0.29) is 0 Å². The van der Waals surface area contributed by atoms with Gasteiger partial charge in [0, 0.05) is 0 Å². The number of aryl methyl sites for hydroxylation is 2. The maximum atomic E-state index is 7.26. The third-order valence-corrected chi connectivity index (χ3v) is 5.27. The van der Waals surface area contributed by atoms with Crippen molar-refractivity contribution >= 4 is 11.6 Å². The highest BCUT2D eigenvalue weighted by atomic mass is 35.5. The van der Waals surface area contributed by atoms with E-state index >= 15 is 0 Å². The molecule has 1 aliphatic carbocycles. The maximum absolute atomic E-state index is 7.26. The highest BCUT2D eigenvalue weighted by Crippen LogP contribution is 2.44. The summed E-state index contributed by atoms with van der Waals surface area (Å²) in [5, 5.41) is 0. The second kappa shape index (κ2) is 5.30. The third-order valence-electron chi connectivity index (χ3n) is 4.61. The van der Waals surface area contributed by atoms with Gasteiger partial charge in [0.05, 0.1) is 0 Å². The lowest BCUT2D eigenvalue weighted by Gasteiger charge is -2.31. The Balaban J connectivity index is 1.94. The van der Waals surface area contributed by atoms with E-state index in [1.165, 1.54) is 24.0 Å². The van der Waals surface area contributed by atoms with Gasteiger partial charge in [0.15, 0.2) is 0 Å². The smallest absolute Gasteiger partial charge is 0.104 e. The van der Waals surface area contributed by atoms with E-state index < -0.39 is 4.87 Å². The Labute approximate surface area is 136 Å². The summed E-state index contributed by atoms with van der Waals surface area (Å²) in [5.41, 5.74) is 6.28. The van der Waals surface area contributed by atoms with Crippen LogP contribution >= 0.6 is 11.6 Å². The average Bonchev–Trinajstić information content (AvgIpc) is 2.57. The molecule has 0 fully saturated rings. The second-order valence-electron chi connectivity index (χ2n) is 5.87. The number of halogens is 1. The number of hydrogen-bond donors (Lipinski definition) is 0. The molecule has 0 aliphatic heterocycles. The summed E-state index contributed by atoms with van der Waals surface area (Å²) in [7, 11) is 0. The summed E-state index contributed by atoms with van der Waals surface area (Å²) < 4.78 is 0. The second-order valence-corrected chi connectivity index (χ2v) is 6.44. The van der Waals surface area contributed by atoms with Crippen molar-refractivity contribution in [2.75, 3.05) is 0 Å². The predicted octanol–water partition coefficient (Wildman–Crippen LogP) is 5.32. The van der Waals surface area contributed by atoms with Crippen molar-refractivity contribution in [3.05, 3.63) is 107 Å². The average molecular weight is 305 g/mol. The van der Waals surface area contributed by atoms with E-state index in [2.05, 4.69) is 66.7 Å². The van der Waals surface area contributed by atoms with Crippen LogP contribution in [-0.4, -0.2) is 0 Å². The number of hydrogen-bond acceptors (Lipinski definition) is 0. The molecule has 0 nitrogen and oxygen atoms in total. The maximum Gasteiger partial charge on any atom is 0.119 e. The Hall–Kier alpha value is -2.05. The molecule has 0 radical (unpaired) electrons. The monoisotopic (exact) mass is 304 g/mol. The molecule has 0 N–H and O–H groups in total. The first-order valence-corrected chi connectivity index (χ1v) is 8.08. The fourth-order valence-corrected chi connectivity index (χ4v) is 3.61. The molecule has 108 valence electrons. The Morgan fingerprint density at radius 3 is 1.59 bits per heavy atom. The summed E-state index contributed by atoms with van der Waals surface area (Å²) in [6, 6.07) is 27.4. The van der Waals surface area contributed by atoms with E-state index in [9.17, 15) is 0 Å². The van der Waals surface area contributed by atoms with E-state index in [1.54, 1.807) is 0 Å². The van der Waals surface area contributed by atoms with Crippen LogP contribution in [0.1, 0.15) is 27.8 Å². The molecule has 1 aliphatic rings. The van der Waals surface area contributed by atoms with Gasteiger partial charge in [-0.05, 0) is 40.7 Å². The lowest BCUT2D eigenvalue weighted by atomic mass is 9.79. The first-order chi connectivity index (χ1) is 10.8. The molecule has 0 spiro atoms. The van der Waals surface area contributed by atoms with Crippen molar-refractivity contribution in [3.63, 3.8) is 0 Å². The molecule has 0 unspecified atom stereocenters. The van der Waals surface area contributed by atoms with Crippen LogP contribution in [-0.2, 0) is 17.7 Å². The van der Waals surface area contributed by atoms with Gasteiger partial charge >= 0.3 is 0 Å². The largest absolute Gasteiger partial charge is 0.119 e. The van der Waals surface area contributed by atoms with Gasteiger partial charge in [0.2, 0.25) is 0 Å². The van der Waals surface area contributed by atoms with Crippen LogP contribution < -0.4 is 0 Å². The Morgan fingerprint density at radius 2 is 1.14 bits per heavy atom.